The molecule has 0 saturated carbocycles. The first-order valence-corrected chi connectivity index (χ1v) is 9.10. The first-order valence-electron chi connectivity index (χ1n) is 8.12. The van der Waals surface area contributed by atoms with E-state index in [1.54, 1.807) is 11.8 Å². The molecule has 0 radical (unpaired) electrons. The van der Waals surface area contributed by atoms with Gasteiger partial charge in [0.15, 0.2) is 0 Å². The van der Waals surface area contributed by atoms with E-state index in [4.69, 9.17) is 0 Å². The lowest BCUT2D eigenvalue weighted by Gasteiger charge is -2.28. The van der Waals surface area contributed by atoms with Gasteiger partial charge in [0.1, 0.15) is 6.04 Å². The van der Waals surface area contributed by atoms with E-state index in [1.165, 1.54) is 11.8 Å². The fraction of sp³-hybridized carbons (Fsp3) is 0.471. The number of carbonyl (C=O) groups excluding carboxylic acids is 3. The first kappa shape index (κ1) is 18.3. The van der Waals surface area contributed by atoms with Crippen LogP contribution in [0.1, 0.15) is 26.7 Å². The van der Waals surface area contributed by atoms with Crippen molar-refractivity contribution in [2.45, 2.75) is 37.6 Å². The number of amides is 3. The Balaban J connectivity index is 1.88. The molecule has 0 fully saturated rings. The zero-order valence-corrected chi connectivity index (χ0v) is 14.8. The number of para-hydroxylation sites is 1. The number of nitrogens with zero attached hydrogens (tertiary/aromatic N) is 1. The molecule has 6 nitrogen and oxygen atoms in total. The van der Waals surface area contributed by atoms with E-state index >= 15 is 0 Å². The number of benzene rings is 1. The van der Waals surface area contributed by atoms with Crippen molar-refractivity contribution in [2.75, 3.05) is 23.7 Å². The topological polar surface area (TPSA) is 78.5 Å². The molecule has 0 aliphatic carbocycles. The number of nitrogens with one attached hydrogen (secondary N) is 2. The number of carbonyl (C=O) groups is 3. The number of hydrogen-bond acceptors (Lipinski definition) is 4. The van der Waals surface area contributed by atoms with Crippen LogP contribution in [0.3, 0.4) is 0 Å². The van der Waals surface area contributed by atoms with Crippen molar-refractivity contribution in [2.24, 2.45) is 0 Å². The van der Waals surface area contributed by atoms with Crippen LogP contribution in [0.25, 0.3) is 0 Å². The summed E-state index contributed by atoms with van der Waals surface area (Å²) in [6, 6.07) is 7.09. The third kappa shape index (κ3) is 4.74. The van der Waals surface area contributed by atoms with Crippen LogP contribution in [-0.2, 0) is 14.4 Å². The zero-order valence-electron chi connectivity index (χ0n) is 14.0. The molecular formula is C17H23N3O3S. The Hall–Kier alpha value is -2.02. The quantitative estimate of drug-likeness (QED) is 0.783. The molecular weight excluding hydrogens is 326 g/mol. The van der Waals surface area contributed by atoms with Crippen molar-refractivity contribution >= 4 is 35.2 Å². The first-order chi connectivity index (χ1) is 11.5. The lowest BCUT2D eigenvalue weighted by Crippen LogP contribution is -2.46. The molecule has 1 aliphatic rings. The van der Waals surface area contributed by atoms with Gasteiger partial charge in [-0.05, 0) is 25.5 Å². The Labute approximate surface area is 146 Å². The molecule has 2 N–H and O–H groups in total. The van der Waals surface area contributed by atoms with Crippen molar-refractivity contribution in [3.8, 4) is 0 Å². The van der Waals surface area contributed by atoms with E-state index in [0.29, 0.717) is 18.8 Å². The third-order valence-electron chi connectivity index (χ3n) is 3.69. The Morgan fingerprint density at radius 2 is 2.08 bits per heavy atom. The van der Waals surface area contributed by atoms with Crippen LogP contribution in [-0.4, -0.2) is 42.6 Å². The van der Waals surface area contributed by atoms with Gasteiger partial charge in [-0.3, -0.25) is 14.4 Å². The minimum Gasteiger partial charge on any atom is -0.354 e. The molecule has 2 rings (SSSR count). The van der Waals surface area contributed by atoms with Crippen LogP contribution in [0.5, 0.6) is 0 Å². The zero-order chi connectivity index (χ0) is 17.5. The van der Waals surface area contributed by atoms with Gasteiger partial charge < -0.3 is 15.5 Å². The van der Waals surface area contributed by atoms with Crippen molar-refractivity contribution in [1.82, 2.24) is 10.6 Å². The Morgan fingerprint density at radius 3 is 2.83 bits per heavy atom. The second kappa shape index (κ2) is 8.73. The van der Waals surface area contributed by atoms with Gasteiger partial charge in [0.2, 0.25) is 17.7 Å². The second-order valence-electron chi connectivity index (χ2n) is 5.63. The summed E-state index contributed by atoms with van der Waals surface area (Å²) in [4.78, 5) is 38.6. The minimum absolute atomic E-state index is 0.000220. The molecule has 3 amide bonds. The van der Waals surface area contributed by atoms with Crippen molar-refractivity contribution in [3.05, 3.63) is 24.3 Å². The predicted octanol–water partition coefficient (Wildman–Crippen LogP) is 1.55. The maximum Gasteiger partial charge on any atom is 0.242 e. The highest BCUT2D eigenvalue weighted by atomic mass is 32.2. The summed E-state index contributed by atoms with van der Waals surface area (Å²) in [5.74, 6) is -0.0482. The highest BCUT2D eigenvalue weighted by Crippen LogP contribution is 2.34. The summed E-state index contributed by atoms with van der Waals surface area (Å²) >= 11 is 1.51. The van der Waals surface area contributed by atoms with Gasteiger partial charge in [0.25, 0.3) is 0 Å². The number of anilines is 1. The maximum absolute atomic E-state index is 12.1. The molecule has 0 spiro atoms. The summed E-state index contributed by atoms with van der Waals surface area (Å²) < 4.78 is 0. The SMILES string of the molecule is CCCNC(=O)[C@H](C)NC(=O)CCN1C(=O)CSc2ccccc21. The standard InChI is InChI=1S/C17H23N3O3S/c1-3-9-18-17(23)12(2)19-15(21)8-10-20-13-6-4-5-7-14(13)24-11-16(20)22/h4-7,12H,3,8-11H2,1-2H3,(H,18,23)(H,19,21)/t12-/m0/s1. The molecule has 0 bridgehead atoms. The lowest BCUT2D eigenvalue weighted by atomic mass is 10.2. The highest BCUT2D eigenvalue weighted by Gasteiger charge is 2.25. The average Bonchev–Trinajstić information content (AvgIpc) is 2.58. The van der Waals surface area contributed by atoms with Crippen LogP contribution in [0.4, 0.5) is 5.69 Å². The summed E-state index contributed by atoms with van der Waals surface area (Å²) in [5.41, 5.74) is 0.847. The fourth-order valence-electron chi connectivity index (χ4n) is 2.39. The van der Waals surface area contributed by atoms with Gasteiger partial charge in [-0.2, -0.15) is 0 Å². The van der Waals surface area contributed by atoms with E-state index in [9.17, 15) is 14.4 Å². The van der Waals surface area contributed by atoms with Gasteiger partial charge in [0, 0.05) is 24.4 Å². The minimum atomic E-state index is -0.580. The van der Waals surface area contributed by atoms with Crippen LogP contribution < -0.4 is 15.5 Å². The molecule has 1 atom stereocenters. The summed E-state index contributed by atoms with van der Waals surface area (Å²) in [7, 11) is 0. The van der Waals surface area contributed by atoms with Crippen molar-refractivity contribution < 1.29 is 14.4 Å². The highest BCUT2D eigenvalue weighted by molar-refractivity contribution is 8.00. The average molecular weight is 349 g/mol. The molecule has 1 heterocycles. The van der Waals surface area contributed by atoms with Crippen molar-refractivity contribution in [3.63, 3.8) is 0 Å². The largest absolute Gasteiger partial charge is 0.354 e. The Bertz CT molecular complexity index is 621. The molecule has 130 valence electrons. The van der Waals surface area contributed by atoms with Gasteiger partial charge in [-0.1, -0.05) is 19.1 Å². The van der Waals surface area contributed by atoms with E-state index in [0.717, 1.165) is 17.0 Å². The van der Waals surface area contributed by atoms with Crippen LogP contribution in [0.15, 0.2) is 29.2 Å². The number of hydrogen-bond donors (Lipinski definition) is 2. The lowest BCUT2D eigenvalue weighted by molar-refractivity contribution is -0.128. The van der Waals surface area contributed by atoms with Crippen LogP contribution in [0.2, 0.25) is 0 Å². The number of fused-ring (bicyclic) bond motifs is 1. The molecule has 1 aromatic rings. The molecule has 1 aliphatic heterocycles. The number of rotatable bonds is 7. The van der Waals surface area contributed by atoms with E-state index in [2.05, 4.69) is 10.6 Å². The Kier molecular flexibility index (Phi) is 6.66. The van der Waals surface area contributed by atoms with E-state index < -0.39 is 6.04 Å². The smallest absolute Gasteiger partial charge is 0.242 e. The van der Waals surface area contributed by atoms with Gasteiger partial charge in [-0.25, -0.2) is 0 Å². The fourth-order valence-corrected chi connectivity index (χ4v) is 3.33. The van der Waals surface area contributed by atoms with Crippen LogP contribution >= 0.6 is 11.8 Å². The van der Waals surface area contributed by atoms with Gasteiger partial charge >= 0.3 is 0 Å². The molecule has 1 aromatic carbocycles. The van der Waals surface area contributed by atoms with Gasteiger partial charge in [-0.15, -0.1) is 11.8 Å². The maximum atomic E-state index is 12.1. The molecule has 0 aromatic heterocycles. The summed E-state index contributed by atoms with van der Waals surface area (Å²) in [5, 5.41) is 5.41. The molecule has 0 saturated heterocycles. The summed E-state index contributed by atoms with van der Waals surface area (Å²) in [6.45, 7) is 4.53. The molecule has 24 heavy (non-hydrogen) atoms. The summed E-state index contributed by atoms with van der Waals surface area (Å²) in [6.07, 6.45) is 1.01. The van der Waals surface area contributed by atoms with Crippen LogP contribution in [0, 0.1) is 0 Å². The molecule has 7 heteroatoms. The van der Waals surface area contributed by atoms with Crippen molar-refractivity contribution in [1.29, 1.82) is 0 Å². The monoisotopic (exact) mass is 349 g/mol. The van der Waals surface area contributed by atoms with E-state index in [1.807, 2.05) is 31.2 Å². The number of thioether (sulfide) groups is 1. The second-order valence-corrected chi connectivity index (χ2v) is 6.65. The normalized spacial score (nSPS) is 14.8. The van der Waals surface area contributed by atoms with E-state index in [-0.39, 0.29) is 24.1 Å². The predicted molar refractivity (Wildman–Crippen MR) is 95.0 cm³/mol. The molecule has 0 unspecified atom stereocenters. The van der Waals surface area contributed by atoms with Gasteiger partial charge in [0.05, 0.1) is 11.4 Å². The third-order valence-corrected chi connectivity index (χ3v) is 4.74. The Morgan fingerprint density at radius 1 is 1.33 bits per heavy atom.